The van der Waals surface area contributed by atoms with Crippen molar-refractivity contribution >= 4 is 18.0 Å². The quantitative estimate of drug-likeness (QED) is 0.444. The summed E-state index contributed by atoms with van der Waals surface area (Å²) in [6.45, 7) is 7.66. The molecule has 1 heterocycles. The van der Waals surface area contributed by atoms with Crippen LogP contribution >= 0.6 is 0 Å². The summed E-state index contributed by atoms with van der Waals surface area (Å²) in [6.07, 6.45) is 1.51. The lowest BCUT2D eigenvalue weighted by molar-refractivity contribution is -0.123. The first kappa shape index (κ1) is 23.9. The van der Waals surface area contributed by atoms with E-state index < -0.39 is 17.9 Å². The number of methoxy groups -OCH3 is 1. The molecule has 9 heteroatoms. The highest BCUT2D eigenvalue weighted by atomic mass is 16.7. The minimum atomic E-state index is -0.781. The molecule has 9 nitrogen and oxygen atoms in total. The van der Waals surface area contributed by atoms with Crippen molar-refractivity contribution < 1.29 is 28.5 Å². The SMILES string of the molecule is COc1cc(C=NNC(=O)C(NC(=O)c2ccc3c(c2)OCO3)C(C)C)ccc1OC(C)C. The van der Waals surface area contributed by atoms with Crippen molar-refractivity contribution in [1.82, 2.24) is 10.7 Å². The third-order valence-electron chi connectivity index (χ3n) is 4.81. The Kier molecular flexibility index (Phi) is 7.76. The number of amides is 2. The van der Waals surface area contributed by atoms with Gasteiger partial charge in [0.15, 0.2) is 23.0 Å². The summed E-state index contributed by atoms with van der Waals surface area (Å²) in [5.74, 6) is 1.29. The molecule has 0 fully saturated rings. The monoisotopic (exact) mass is 455 g/mol. The molecule has 176 valence electrons. The lowest BCUT2D eigenvalue weighted by Gasteiger charge is -2.20. The number of hydrazone groups is 1. The highest BCUT2D eigenvalue weighted by Crippen LogP contribution is 2.32. The second-order valence-corrected chi connectivity index (χ2v) is 8.07. The smallest absolute Gasteiger partial charge is 0.262 e. The van der Waals surface area contributed by atoms with Crippen LogP contribution in [0.5, 0.6) is 23.0 Å². The lowest BCUT2D eigenvalue weighted by Crippen LogP contribution is -2.48. The van der Waals surface area contributed by atoms with Crippen molar-refractivity contribution in [2.24, 2.45) is 11.0 Å². The zero-order chi connectivity index (χ0) is 24.0. The normalized spacial score (nSPS) is 13.3. The van der Waals surface area contributed by atoms with E-state index in [1.54, 1.807) is 43.5 Å². The summed E-state index contributed by atoms with van der Waals surface area (Å²) in [6, 6.07) is 9.44. The number of fused-ring (bicyclic) bond motifs is 1. The number of carbonyl (C=O) groups excluding carboxylic acids is 2. The molecule has 0 aromatic heterocycles. The van der Waals surface area contributed by atoms with E-state index >= 15 is 0 Å². The van der Waals surface area contributed by atoms with E-state index in [4.69, 9.17) is 18.9 Å². The molecule has 1 aliphatic heterocycles. The number of nitrogens with zero attached hydrogens (tertiary/aromatic N) is 1. The fourth-order valence-corrected chi connectivity index (χ4v) is 3.15. The van der Waals surface area contributed by atoms with E-state index in [0.717, 1.165) is 0 Å². The number of rotatable bonds is 9. The molecule has 1 unspecified atom stereocenters. The zero-order valence-electron chi connectivity index (χ0n) is 19.4. The van der Waals surface area contributed by atoms with E-state index in [1.165, 1.54) is 6.21 Å². The summed E-state index contributed by atoms with van der Waals surface area (Å²) < 4.78 is 21.6. The van der Waals surface area contributed by atoms with Crippen LogP contribution < -0.4 is 29.7 Å². The van der Waals surface area contributed by atoms with Crippen molar-refractivity contribution in [3.8, 4) is 23.0 Å². The Hall–Kier alpha value is -3.75. The topological polar surface area (TPSA) is 107 Å². The highest BCUT2D eigenvalue weighted by molar-refractivity contribution is 5.98. The average Bonchev–Trinajstić information content (AvgIpc) is 3.25. The molecule has 2 aromatic carbocycles. The lowest BCUT2D eigenvalue weighted by atomic mass is 10.0. The van der Waals surface area contributed by atoms with Crippen LogP contribution in [0.4, 0.5) is 0 Å². The van der Waals surface area contributed by atoms with Crippen LogP contribution in [0.2, 0.25) is 0 Å². The highest BCUT2D eigenvalue weighted by Gasteiger charge is 2.25. The van der Waals surface area contributed by atoms with Gasteiger partial charge in [-0.25, -0.2) is 5.43 Å². The molecule has 0 saturated heterocycles. The molecule has 2 aromatic rings. The number of hydrogen-bond donors (Lipinski definition) is 2. The fraction of sp³-hybridized carbons (Fsp3) is 0.375. The van der Waals surface area contributed by atoms with Crippen LogP contribution in [0.25, 0.3) is 0 Å². The molecular weight excluding hydrogens is 426 g/mol. The van der Waals surface area contributed by atoms with Crippen LogP contribution in [0.3, 0.4) is 0 Å². The minimum absolute atomic E-state index is 0.0125. The maximum atomic E-state index is 12.7. The van der Waals surface area contributed by atoms with Gasteiger partial charge in [-0.3, -0.25) is 9.59 Å². The number of carbonyl (C=O) groups is 2. The van der Waals surface area contributed by atoms with Crippen molar-refractivity contribution in [3.63, 3.8) is 0 Å². The Morgan fingerprint density at radius 2 is 1.79 bits per heavy atom. The molecule has 0 radical (unpaired) electrons. The van der Waals surface area contributed by atoms with Gasteiger partial charge in [-0.15, -0.1) is 0 Å². The number of benzene rings is 2. The summed E-state index contributed by atoms with van der Waals surface area (Å²) in [5, 5.41) is 6.79. The Bertz CT molecular complexity index is 1030. The standard InChI is InChI=1S/C24H29N3O6/c1-14(2)22(26-23(28)17-7-9-18-21(11-17)32-13-31-18)24(29)27-25-12-16-6-8-19(33-15(3)4)20(10-16)30-5/h6-12,14-15,22H,13H2,1-5H3,(H,26,28)(H,27,29). The Balaban J connectivity index is 1.63. The van der Waals surface area contributed by atoms with Crippen LogP contribution in [0.1, 0.15) is 43.6 Å². The van der Waals surface area contributed by atoms with Gasteiger partial charge >= 0.3 is 0 Å². The van der Waals surface area contributed by atoms with E-state index in [1.807, 2.05) is 27.7 Å². The first-order valence-electron chi connectivity index (χ1n) is 10.7. The second-order valence-electron chi connectivity index (χ2n) is 8.07. The largest absolute Gasteiger partial charge is 0.493 e. The first-order chi connectivity index (χ1) is 15.8. The molecule has 0 spiro atoms. The van der Waals surface area contributed by atoms with Gasteiger partial charge < -0.3 is 24.3 Å². The molecule has 2 amide bonds. The summed E-state index contributed by atoms with van der Waals surface area (Å²) in [7, 11) is 1.56. The summed E-state index contributed by atoms with van der Waals surface area (Å²) >= 11 is 0. The van der Waals surface area contributed by atoms with Gasteiger partial charge in [0.05, 0.1) is 19.4 Å². The van der Waals surface area contributed by atoms with Crippen molar-refractivity contribution in [2.75, 3.05) is 13.9 Å². The molecule has 1 aliphatic rings. The Morgan fingerprint density at radius 3 is 2.48 bits per heavy atom. The van der Waals surface area contributed by atoms with Gasteiger partial charge in [0.25, 0.3) is 11.8 Å². The molecule has 1 atom stereocenters. The summed E-state index contributed by atoms with van der Waals surface area (Å²) in [5.41, 5.74) is 3.58. The molecule has 0 aliphatic carbocycles. The van der Waals surface area contributed by atoms with Gasteiger partial charge in [0, 0.05) is 5.56 Å². The maximum Gasteiger partial charge on any atom is 0.262 e. The third-order valence-corrected chi connectivity index (χ3v) is 4.81. The van der Waals surface area contributed by atoms with Gasteiger partial charge in [-0.1, -0.05) is 13.8 Å². The van der Waals surface area contributed by atoms with Gasteiger partial charge in [0.2, 0.25) is 6.79 Å². The third kappa shape index (κ3) is 6.15. The van der Waals surface area contributed by atoms with Gasteiger partial charge in [0.1, 0.15) is 6.04 Å². The van der Waals surface area contributed by atoms with E-state index in [2.05, 4.69) is 15.8 Å². The van der Waals surface area contributed by atoms with Crippen molar-refractivity contribution in [3.05, 3.63) is 47.5 Å². The molecule has 3 rings (SSSR count). The van der Waals surface area contributed by atoms with E-state index in [9.17, 15) is 9.59 Å². The predicted molar refractivity (Wildman–Crippen MR) is 123 cm³/mol. The molecule has 2 N–H and O–H groups in total. The number of hydrogen-bond acceptors (Lipinski definition) is 7. The first-order valence-corrected chi connectivity index (χ1v) is 10.7. The zero-order valence-corrected chi connectivity index (χ0v) is 19.4. The number of nitrogens with one attached hydrogen (secondary N) is 2. The molecule has 0 saturated carbocycles. The van der Waals surface area contributed by atoms with Gasteiger partial charge in [-0.05, 0) is 61.7 Å². The fourth-order valence-electron chi connectivity index (χ4n) is 3.15. The minimum Gasteiger partial charge on any atom is -0.493 e. The van der Waals surface area contributed by atoms with Crippen molar-refractivity contribution in [1.29, 1.82) is 0 Å². The molecule has 33 heavy (non-hydrogen) atoms. The molecule has 0 bridgehead atoms. The van der Waals surface area contributed by atoms with Gasteiger partial charge in [-0.2, -0.15) is 5.10 Å². The maximum absolute atomic E-state index is 12.7. The number of ether oxygens (including phenoxy) is 4. The van der Waals surface area contributed by atoms with E-state index in [-0.39, 0.29) is 18.8 Å². The predicted octanol–water partition coefficient (Wildman–Crippen LogP) is 3.12. The van der Waals surface area contributed by atoms with Crippen LogP contribution in [-0.4, -0.2) is 44.1 Å². The van der Waals surface area contributed by atoms with Crippen LogP contribution in [0, 0.1) is 5.92 Å². The van der Waals surface area contributed by atoms with Crippen LogP contribution in [-0.2, 0) is 4.79 Å². The van der Waals surface area contributed by atoms with Crippen LogP contribution in [0.15, 0.2) is 41.5 Å². The van der Waals surface area contributed by atoms with E-state index in [0.29, 0.717) is 34.1 Å². The Labute approximate surface area is 193 Å². The average molecular weight is 456 g/mol. The second kappa shape index (κ2) is 10.7. The Morgan fingerprint density at radius 1 is 1.03 bits per heavy atom. The summed E-state index contributed by atoms with van der Waals surface area (Å²) in [4.78, 5) is 25.4. The van der Waals surface area contributed by atoms with Crippen molar-refractivity contribution in [2.45, 2.75) is 39.8 Å². The molecular formula is C24H29N3O6.